The van der Waals surface area contributed by atoms with Crippen molar-refractivity contribution < 1.29 is 9.18 Å². The van der Waals surface area contributed by atoms with Gasteiger partial charge in [-0.25, -0.2) is 4.39 Å². The maximum Gasteiger partial charge on any atom is 0.238 e. The Morgan fingerprint density at radius 3 is 2.24 bits per heavy atom. The van der Waals surface area contributed by atoms with E-state index < -0.39 is 0 Å². The molecule has 94 valence electrons. The summed E-state index contributed by atoms with van der Waals surface area (Å²) in [6.45, 7) is 5.78. The summed E-state index contributed by atoms with van der Waals surface area (Å²) in [6, 6.07) is 6.13. The molecule has 0 saturated heterocycles. The lowest BCUT2D eigenvalue weighted by molar-refractivity contribution is -0.132. The number of halogens is 2. The molecule has 0 radical (unpaired) electrons. The van der Waals surface area contributed by atoms with Crippen LogP contribution in [-0.2, 0) is 4.79 Å². The van der Waals surface area contributed by atoms with E-state index in [-0.39, 0.29) is 29.7 Å². The molecule has 4 heteroatoms. The fourth-order valence-electron chi connectivity index (χ4n) is 1.92. The number of alkyl halides is 1. The predicted octanol–water partition coefficient (Wildman–Crippen LogP) is 3.36. The van der Waals surface area contributed by atoms with Gasteiger partial charge in [-0.1, -0.05) is 12.1 Å². The van der Waals surface area contributed by atoms with Crippen LogP contribution >= 0.6 is 11.6 Å². The van der Waals surface area contributed by atoms with E-state index in [9.17, 15) is 9.18 Å². The van der Waals surface area contributed by atoms with E-state index in [1.165, 1.54) is 12.1 Å². The third kappa shape index (κ3) is 3.43. The van der Waals surface area contributed by atoms with Crippen LogP contribution in [-0.4, -0.2) is 22.7 Å². The minimum absolute atomic E-state index is 0.0380. The van der Waals surface area contributed by atoms with E-state index in [4.69, 9.17) is 11.6 Å². The first-order chi connectivity index (χ1) is 7.97. The van der Waals surface area contributed by atoms with Gasteiger partial charge in [0.15, 0.2) is 0 Å². The summed E-state index contributed by atoms with van der Waals surface area (Å²) in [6.07, 6.45) is 0. The molecular weight excluding hydrogens is 241 g/mol. The smallest absolute Gasteiger partial charge is 0.238 e. The molecule has 1 atom stereocenters. The largest absolute Gasteiger partial charge is 0.332 e. The molecule has 0 N–H and O–H groups in total. The van der Waals surface area contributed by atoms with Crippen LogP contribution in [0.25, 0.3) is 0 Å². The molecule has 0 fully saturated rings. The van der Waals surface area contributed by atoms with Crippen LogP contribution < -0.4 is 0 Å². The Balaban J connectivity index is 2.95. The molecule has 0 unspecified atom stereocenters. The monoisotopic (exact) mass is 257 g/mol. The molecule has 1 aromatic carbocycles. The number of hydrogen-bond acceptors (Lipinski definition) is 1. The molecule has 0 aliphatic carbocycles. The normalized spacial score (nSPS) is 12.6. The van der Waals surface area contributed by atoms with Crippen molar-refractivity contribution in [3.8, 4) is 0 Å². The number of nitrogens with zero attached hydrogens (tertiary/aromatic N) is 1. The fourth-order valence-corrected chi connectivity index (χ4v) is 2.06. The van der Waals surface area contributed by atoms with E-state index in [0.717, 1.165) is 5.56 Å². The number of carbonyl (C=O) groups excluding carboxylic acids is 1. The molecule has 1 amide bonds. The van der Waals surface area contributed by atoms with E-state index in [1.54, 1.807) is 17.0 Å². The van der Waals surface area contributed by atoms with Gasteiger partial charge in [0.1, 0.15) is 11.7 Å². The SMILES string of the molecule is CC(C)N(C(=O)CCl)[C@H](C)c1ccc(F)cc1. The van der Waals surface area contributed by atoms with Gasteiger partial charge >= 0.3 is 0 Å². The standard InChI is InChI=1S/C13H17ClFNO/c1-9(2)16(13(17)8-14)10(3)11-4-6-12(15)7-5-11/h4-7,9-10H,8H2,1-3H3/t10-/m1/s1. The Morgan fingerprint density at radius 1 is 1.29 bits per heavy atom. The molecule has 0 aliphatic rings. The van der Waals surface area contributed by atoms with Gasteiger partial charge in [0, 0.05) is 6.04 Å². The summed E-state index contributed by atoms with van der Waals surface area (Å²) in [4.78, 5) is 13.5. The molecule has 0 bridgehead atoms. The highest BCUT2D eigenvalue weighted by Crippen LogP contribution is 2.23. The first-order valence-electron chi connectivity index (χ1n) is 5.60. The first kappa shape index (κ1) is 14.0. The zero-order valence-corrected chi connectivity index (χ0v) is 11.0. The summed E-state index contributed by atoms with van der Waals surface area (Å²) in [5.41, 5.74) is 0.901. The van der Waals surface area contributed by atoms with Gasteiger partial charge in [-0.2, -0.15) is 0 Å². The second-order valence-electron chi connectivity index (χ2n) is 4.26. The van der Waals surface area contributed by atoms with Crippen LogP contribution in [0.1, 0.15) is 32.4 Å². The number of benzene rings is 1. The van der Waals surface area contributed by atoms with Gasteiger partial charge in [-0.3, -0.25) is 4.79 Å². The summed E-state index contributed by atoms with van der Waals surface area (Å²) >= 11 is 5.60. The maximum absolute atomic E-state index is 12.8. The molecular formula is C13H17ClFNO. The quantitative estimate of drug-likeness (QED) is 0.758. The van der Waals surface area contributed by atoms with Crippen LogP contribution in [0.5, 0.6) is 0 Å². The van der Waals surface area contributed by atoms with Gasteiger partial charge in [0.25, 0.3) is 0 Å². The Hall–Kier alpha value is -1.09. The van der Waals surface area contributed by atoms with Crippen LogP contribution in [0.4, 0.5) is 4.39 Å². The molecule has 17 heavy (non-hydrogen) atoms. The number of rotatable bonds is 4. The average Bonchev–Trinajstić information content (AvgIpc) is 2.29. The van der Waals surface area contributed by atoms with Crippen molar-refractivity contribution in [3.05, 3.63) is 35.6 Å². The first-order valence-corrected chi connectivity index (χ1v) is 6.13. The van der Waals surface area contributed by atoms with Crippen molar-refractivity contribution >= 4 is 17.5 Å². The van der Waals surface area contributed by atoms with E-state index in [1.807, 2.05) is 20.8 Å². The van der Waals surface area contributed by atoms with E-state index in [0.29, 0.717) is 0 Å². The topological polar surface area (TPSA) is 20.3 Å². The minimum Gasteiger partial charge on any atom is -0.332 e. The highest BCUT2D eigenvalue weighted by atomic mass is 35.5. The second-order valence-corrected chi connectivity index (χ2v) is 4.52. The summed E-state index contributed by atoms with van der Waals surface area (Å²) in [5.74, 6) is -0.428. The van der Waals surface area contributed by atoms with Crippen LogP contribution in [0.2, 0.25) is 0 Å². The molecule has 0 saturated carbocycles. The van der Waals surface area contributed by atoms with Crippen molar-refractivity contribution in [2.24, 2.45) is 0 Å². The third-order valence-electron chi connectivity index (χ3n) is 2.73. The zero-order chi connectivity index (χ0) is 13.0. The van der Waals surface area contributed by atoms with Crippen molar-refractivity contribution in [2.45, 2.75) is 32.9 Å². The van der Waals surface area contributed by atoms with Crippen molar-refractivity contribution in [1.82, 2.24) is 4.90 Å². The number of carbonyl (C=O) groups is 1. The molecule has 0 aromatic heterocycles. The Kier molecular flexibility index (Phi) is 4.94. The Labute approximate surface area is 106 Å². The van der Waals surface area contributed by atoms with Gasteiger partial charge < -0.3 is 4.90 Å². The van der Waals surface area contributed by atoms with Crippen molar-refractivity contribution in [2.75, 3.05) is 5.88 Å². The summed E-state index contributed by atoms with van der Waals surface area (Å²) < 4.78 is 12.8. The lowest BCUT2D eigenvalue weighted by Crippen LogP contribution is -2.39. The van der Waals surface area contributed by atoms with Crippen LogP contribution in [0.15, 0.2) is 24.3 Å². The van der Waals surface area contributed by atoms with Crippen molar-refractivity contribution in [1.29, 1.82) is 0 Å². The Bertz CT molecular complexity index is 378. The molecule has 1 rings (SSSR count). The zero-order valence-electron chi connectivity index (χ0n) is 10.3. The lowest BCUT2D eigenvalue weighted by Gasteiger charge is -2.32. The summed E-state index contributed by atoms with van der Waals surface area (Å²) in [7, 11) is 0. The second kappa shape index (κ2) is 6.01. The molecule has 0 heterocycles. The van der Waals surface area contributed by atoms with Gasteiger partial charge in [-0.05, 0) is 38.5 Å². The molecule has 1 aromatic rings. The van der Waals surface area contributed by atoms with Crippen LogP contribution in [0, 0.1) is 5.82 Å². The van der Waals surface area contributed by atoms with Gasteiger partial charge in [0.2, 0.25) is 5.91 Å². The predicted molar refractivity (Wildman–Crippen MR) is 67.5 cm³/mol. The average molecular weight is 258 g/mol. The number of hydrogen-bond donors (Lipinski definition) is 0. The maximum atomic E-state index is 12.8. The molecule has 0 aliphatic heterocycles. The third-order valence-corrected chi connectivity index (χ3v) is 2.96. The minimum atomic E-state index is -0.277. The van der Waals surface area contributed by atoms with E-state index >= 15 is 0 Å². The van der Waals surface area contributed by atoms with Crippen LogP contribution in [0.3, 0.4) is 0 Å². The summed E-state index contributed by atoms with van der Waals surface area (Å²) in [5, 5.41) is 0. The fraction of sp³-hybridized carbons (Fsp3) is 0.462. The highest BCUT2D eigenvalue weighted by molar-refractivity contribution is 6.27. The Morgan fingerprint density at radius 2 is 1.82 bits per heavy atom. The number of amides is 1. The van der Waals surface area contributed by atoms with Gasteiger partial charge in [0.05, 0.1) is 6.04 Å². The van der Waals surface area contributed by atoms with Gasteiger partial charge in [-0.15, -0.1) is 11.6 Å². The lowest BCUT2D eigenvalue weighted by atomic mass is 10.1. The van der Waals surface area contributed by atoms with E-state index in [2.05, 4.69) is 0 Å². The van der Waals surface area contributed by atoms with Crippen molar-refractivity contribution in [3.63, 3.8) is 0 Å². The molecule has 2 nitrogen and oxygen atoms in total. The highest BCUT2D eigenvalue weighted by Gasteiger charge is 2.23. The molecule has 0 spiro atoms.